The third-order valence-electron chi connectivity index (χ3n) is 1.72. The molecule has 0 spiro atoms. The second-order valence-electron chi connectivity index (χ2n) is 2.69. The first-order valence-corrected chi connectivity index (χ1v) is 4.26. The van der Waals surface area contributed by atoms with Crippen LogP contribution in [0.5, 0.6) is 0 Å². The molecular formula is C9H12N4. The molecule has 1 unspecified atom stereocenters. The normalized spacial score (nSPS) is 12.0. The zero-order valence-corrected chi connectivity index (χ0v) is 7.57. The molecular weight excluding hydrogens is 164 g/mol. The van der Waals surface area contributed by atoms with Crippen LogP contribution in [0.15, 0.2) is 18.3 Å². The standard InChI is InChI=1S/C9H12N4/c1-2-8(6-10)11-7-9-4-3-5-12-13-9/h3-5,8,11H,2,7H2,1H3. The molecule has 1 rings (SSSR count). The molecule has 0 fully saturated rings. The number of rotatable bonds is 4. The largest absolute Gasteiger partial charge is 0.296 e. The number of hydrogen-bond donors (Lipinski definition) is 1. The Morgan fingerprint density at radius 2 is 2.54 bits per heavy atom. The van der Waals surface area contributed by atoms with Crippen molar-refractivity contribution >= 4 is 0 Å². The van der Waals surface area contributed by atoms with Crippen LogP contribution in [0.2, 0.25) is 0 Å². The van der Waals surface area contributed by atoms with Gasteiger partial charge in [-0.25, -0.2) is 0 Å². The average molecular weight is 176 g/mol. The van der Waals surface area contributed by atoms with Gasteiger partial charge in [-0.05, 0) is 18.6 Å². The van der Waals surface area contributed by atoms with Crippen molar-refractivity contribution in [2.75, 3.05) is 0 Å². The van der Waals surface area contributed by atoms with E-state index in [-0.39, 0.29) is 6.04 Å². The summed E-state index contributed by atoms with van der Waals surface area (Å²) in [6, 6.07) is 5.78. The maximum absolute atomic E-state index is 8.66. The molecule has 1 heterocycles. The van der Waals surface area contributed by atoms with Crippen molar-refractivity contribution in [3.05, 3.63) is 24.0 Å². The van der Waals surface area contributed by atoms with Gasteiger partial charge in [-0.1, -0.05) is 6.92 Å². The van der Waals surface area contributed by atoms with E-state index in [1.54, 1.807) is 6.20 Å². The van der Waals surface area contributed by atoms with Gasteiger partial charge in [0.1, 0.15) is 0 Å². The molecule has 4 heteroatoms. The van der Waals surface area contributed by atoms with Crippen LogP contribution < -0.4 is 5.32 Å². The van der Waals surface area contributed by atoms with Crippen LogP contribution in [0.1, 0.15) is 19.0 Å². The van der Waals surface area contributed by atoms with Crippen molar-refractivity contribution in [3.8, 4) is 6.07 Å². The van der Waals surface area contributed by atoms with Gasteiger partial charge in [0.05, 0.1) is 17.8 Å². The van der Waals surface area contributed by atoms with Crippen molar-refractivity contribution in [2.24, 2.45) is 0 Å². The van der Waals surface area contributed by atoms with Crippen LogP contribution in [0.4, 0.5) is 0 Å². The van der Waals surface area contributed by atoms with E-state index >= 15 is 0 Å². The zero-order chi connectivity index (χ0) is 9.52. The van der Waals surface area contributed by atoms with Crippen LogP contribution in [0, 0.1) is 11.3 Å². The van der Waals surface area contributed by atoms with Crippen molar-refractivity contribution in [1.29, 1.82) is 5.26 Å². The Labute approximate surface area is 77.6 Å². The van der Waals surface area contributed by atoms with Gasteiger partial charge >= 0.3 is 0 Å². The lowest BCUT2D eigenvalue weighted by atomic mass is 10.2. The highest BCUT2D eigenvalue weighted by Crippen LogP contribution is 1.93. The fourth-order valence-corrected chi connectivity index (χ4v) is 0.937. The fraction of sp³-hybridized carbons (Fsp3) is 0.444. The van der Waals surface area contributed by atoms with Crippen LogP contribution in [-0.4, -0.2) is 16.2 Å². The molecule has 1 aromatic rings. The summed E-state index contributed by atoms with van der Waals surface area (Å²) in [6.45, 7) is 2.57. The van der Waals surface area contributed by atoms with Gasteiger partial charge in [0.25, 0.3) is 0 Å². The van der Waals surface area contributed by atoms with Crippen molar-refractivity contribution < 1.29 is 0 Å². The molecule has 1 aromatic heterocycles. The second-order valence-corrected chi connectivity index (χ2v) is 2.69. The summed E-state index contributed by atoms with van der Waals surface area (Å²) in [6.07, 6.45) is 2.43. The highest BCUT2D eigenvalue weighted by molar-refractivity contribution is 5.00. The smallest absolute Gasteiger partial charge is 0.0953 e. The Balaban J connectivity index is 2.40. The Morgan fingerprint density at radius 1 is 1.69 bits per heavy atom. The monoisotopic (exact) mass is 176 g/mol. The molecule has 0 radical (unpaired) electrons. The van der Waals surface area contributed by atoms with Crippen molar-refractivity contribution in [3.63, 3.8) is 0 Å². The Morgan fingerprint density at radius 3 is 3.08 bits per heavy atom. The predicted octanol–water partition coefficient (Wildman–Crippen LogP) is 0.868. The molecule has 0 aliphatic rings. The molecule has 0 bridgehead atoms. The van der Waals surface area contributed by atoms with E-state index in [0.717, 1.165) is 12.1 Å². The zero-order valence-electron chi connectivity index (χ0n) is 7.57. The summed E-state index contributed by atoms with van der Waals surface area (Å²) < 4.78 is 0. The number of nitrogens with one attached hydrogen (secondary N) is 1. The third-order valence-corrected chi connectivity index (χ3v) is 1.72. The number of aromatic nitrogens is 2. The molecule has 4 nitrogen and oxygen atoms in total. The summed E-state index contributed by atoms with van der Waals surface area (Å²) in [5.41, 5.74) is 0.858. The van der Waals surface area contributed by atoms with Gasteiger partial charge in [0.15, 0.2) is 0 Å². The van der Waals surface area contributed by atoms with Gasteiger partial charge in [-0.2, -0.15) is 15.5 Å². The summed E-state index contributed by atoms with van der Waals surface area (Å²) in [4.78, 5) is 0. The molecule has 1 atom stereocenters. The first-order valence-electron chi connectivity index (χ1n) is 4.26. The minimum Gasteiger partial charge on any atom is -0.296 e. The Bertz CT molecular complexity index is 277. The highest BCUT2D eigenvalue weighted by Gasteiger charge is 2.02. The topological polar surface area (TPSA) is 61.6 Å². The maximum atomic E-state index is 8.66. The molecule has 1 N–H and O–H groups in total. The summed E-state index contributed by atoms with van der Waals surface area (Å²) >= 11 is 0. The van der Waals surface area contributed by atoms with E-state index in [1.165, 1.54) is 0 Å². The van der Waals surface area contributed by atoms with Gasteiger partial charge < -0.3 is 0 Å². The van der Waals surface area contributed by atoms with E-state index in [0.29, 0.717) is 6.54 Å². The molecule has 68 valence electrons. The lowest BCUT2D eigenvalue weighted by Crippen LogP contribution is -2.26. The van der Waals surface area contributed by atoms with Crippen LogP contribution >= 0.6 is 0 Å². The van der Waals surface area contributed by atoms with Crippen LogP contribution in [-0.2, 0) is 6.54 Å². The first-order chi connectivity index (χ1) is 6.36. The van der Waals surface area contributed by atoms with Crippen molar-refractivity contribution in [1.82, 2.24) is 15.5 Å². The lowest BCUT2D eigenvalue weighted by molar-refractivity contribution is 0.576. The third kappa shape index (κ3) is 3.18. The van der Waals surface area contributed by atoms with Gasteiger partial charge in [0, 0.05) is 12.7 Å². The average Bonchev–Trinajstić information content (AvgIpc) is 2.21. The van der Waals surface area contributed by atoms with Crippen molar-refractivity contribution in [2.45, 2.75) is 25.9 Å². The fourth-order valence-electron chi connectivity index (χ4n) is 0.937. The van der Waals surface area contributed by atoms with Crippen LogP contribution in [0.25, 0.3) is 0 Å². The number of nitriles is 1. The second kappa shape index (κ2) is 5.22. The van der Waals surface area contributed by atoms with Gasteiger partial charge in [-0.15, -0.1) is 0 Å². The molecule has 0 saturated heterocycles. The summed E-state index contributed by atoms with van der Waals surface area (Å²) in [5, 5.41) is 19.4. The minimum atomic E-state index is -0.0954. The quantitative estimate of drug-likeness (QED) is 0.739. The summed E-state index contributed by atoms with van der Waals surface area (Å²) in [7, 11) is 0. The number of nitrogens with zero attached hydrogens (tertiary/aromatic N) is 3. The molecule has 13 heavy (non-hydrogen) atoms. The molecule has 0 saturated carbocycles. The lowest BCUT2D eigenvalue weighted by Gasteiger charge is -2.06. The highest BCUT2D eigenvalue weighted by atomic mass is 15.1. The summed E-state index contributed by atoms with van der Waals surface area (Å²) in [5.74, 6) is 0. The van der Waals surface area contributed by atoms with Crippen LogP contribution in [0.3, 0.4) is 0 Å². The Kier molecular flexibility index (Phi) is 3.86. The maximum Gasteiger partial charge on any atom is 0.0953 e. The molecule has 0 aromatic carbocycles. The number of hydrogen-bond acceptors (Lipinski definition) is 4. The van der Waals surface area contributed by atoms with E-state index < -0.39 is 0 Å². The molecule has 0 aliphatic carbocycles. The van der Waals surface area contributed by atoms with Gasteiger partial charge in [0.2, 0.25) is 0 Å². The Hall–Kier alpha value is -1.47. The molecule has 0 aliphatic heterocycles. The minimum absolute atomic E-state index is 0.0954. The van der Waals surface area contributed by atoms with E-state index in [4.69, 9.17) is 5.26 Å². The predicted molar refractivity (Wildman–Crippen MR) is 48.6 cm³/mol. The van der Waals surface area contributed by atoms with Gasteiger partial charge in [-0.3, -0.25) is 5.32 Å². The SMILES string of the molecule is CCC(C#N)NCc1cccnn1. The van der Waals surface area contributed by atoms with E-state index in [9.17, 15) is 0 Å². The van der Waals surface area contributed by atoms with E-state index in [1.807, 2.05) is 19.1 Å². The molecule has 0 amide bonds. The first kappa shape index (κ1) is 9.62. The van der Waals surface area contributed by atoms with E-state index in [2.05, 4.69) is 21.6 Å².